The van der Waals surface area contributed by atoms with Gasteiger partial charge in [-0.25, -0.2) is 9.07 Å². The summed E-state index contributed by atoms with van der Waals surface area (Å²) in [5.74, 6) is -0.271. The number of hydrogen-bond donors (Lipinski definition) is 1. The molecule has 0 saturated heterocycles. The molecular formula is C25H27FN4O3. The van der Waals surface area contributed by atoms with Crippen LogP contribution in [0.15, 0.2) is 48.5 Å². The molecule has 0 radical (unpaired) electrons. The number of anilines is 1. The van der Waals surface area contributed by atoms with Crippen molar-refractivity contribution in [3.8, 4) is 11.4 Å². The summed E-state index contributed by atoms with van der Waals surface area (Å²) >= 11 is 0. The van der Waals surface area contributed by atoms with Crippen LogP contribution < -0.4 is 10.1 Å². The van der Waals surface area contributed by atoms with Gasteiger partial charge in [0.2, 0.25) is 5.91 Å². The second-order valence-corrected chi connectivity index (χ2v) is 7.97. The standard InChI is InChI=1S/C25H27FN4O3/c1-3-29(16-23(31)27-18-7-6-8-20(15-18)33-2)25(32)24-21-9-4-5-10-22(21)30(28-24)19-13-11-17(26)12-14-19/h6-8,11-15H,3-5,9-10,16H2,1-2H3,(H,27,31). The summed E-state index contributed by atoms with van der Waals surface area (Å²) in [6.45, 7) is 2.10. The van der Waals surface area contributed by atoms with Gasteiger partial charge in [-0.05, 0) is 69.0 Å². The lowest BCUT2D eigenvalue weighted by atomic mass is 9.95. The van der Waals surface area contributed by atoms with E-state index >= 15 is 0 Å². The molecule has 3 aromatic rings. The Kier molecular flexibility index (Phi) is 6.72. The van der Waals surface area contributed by atoms with Crippen LogP contribution in [-0.4, -0.2) is 46.7 Å². The highest BCUT2D eigenvalue weighted by Gasteiger charge is 2.29. The Labute approximate surface area is 192 Å². The van der Waals surface area contributed by atoms with Crippen molar-refractivity contribution in [3.63, 3.8) is 0 Å². The third kappa shape index (κ3) is 4.89. The molecule has 1 aliphatic carbocycles. The topological polar surface area (TPSA) is 76.5 Å². The van der Waals surface area contributed by atoms with Crippen molar-refractivity contribution in [2.24, 2.45) is 0 Å². The van der Waals surface area contributed by atoms with E-state index in [1.54, 1.807) is 48.2 Å². The minimum atomic E-state index is -0.324. The van der Waals surface area contributed by atoms with Gasteiger partial charge < -0.3 is 15.0 Å². The Bertz CT molecular complexity index is 1160. The van der Waals surface area contributed by atoms with Crippen molar-refractivity contribution in [2.75, 3.05) is 25.5 Å². The molecule has 4 rings (SSSR count). The van der Waals surface area contributed by atoms with Crippen LogP contribution in [0.5, 0.6) is 5.75 Å². The van der Waals surface area contributed by atoms with Crippen molar-refractivity contribution in [1.29, 1.82) is 0 Å². The van der Waals surface area contributed by atoms with E-state index in [1.807, 2.05) is 6.92 Å². The number of carbonyl (C=O) groups excluding carboxylic acids is 2. The maximum atomic E-state index is 13.4. The molecular weight excluding hydrogens is 423 g/mol. The second-order valence-electron chi connectivity index (χ2n) is 7.97. The molecule has 0 fully saturated rings. The molecule has 0 atom stereocenters. The lowest BCUT2D eigenvalue weighted by molar-refractivity contribution is -0.116. The van der Waals surface area contributed by atoms with Gasteiger partial charge in [0.25, 0.3) is 5.91 Å². The summed E-state index contributed by atoms with van der Waals surface area (Å²) in [6, 6.07) is 13.1. The van der Waals surface area contributed by atoms with Crippen LogP contribution in [0.1, 0.15) is 41.5 Å². The molecule has 8 heteroatoms. The fraction of sp³-hybridized carbons (Fsp3) is 0.320. The number of carbonyl (C=O) groups is 2. The number of rotatable bonds is 7. The average Bonchev–Trinajstić information content (AvgIpc) is 3.22. The highest BCUT2D eigenvalue weighted by atomic mass is 19.1. The zero-order valence-electron chi connectivity index (χ0n) is 18.8. The van der Waals surface area contributed by atoms with E-state index in [0.717, 1.165) is 36.9 Å². The molecule has 0 unspecified atom stereocenters. The summed E-state index contributed by atoms with van der Waals surface area (Å²) in [7, 11) is 1.56. The maximum absolute atomic E-state index is 13.4. The van der Waals surface area contributed by atoms with Crippen LogP contribution >= 0.6 is 0 Å². The number of nitrogens with zero attached hydrogens (tertiary/aromatic N) is 3. The van der Waals surface area contributed by atoms with Gasteiger partial charge in [0, 0.05) is 29.6 Å². The normalized spacial score (nSPS) is 12.7. The number of ether oxygens (including phenoxy) is 1. The van der Waals surface area contributed by atoms with Gasteiger partial charge in [-0.15, -0.1) is 0 Å². The Morgan fingerprint density at radius 2 is 1.91 bits per heavy atom. The summed E-state index contributed by atoms with van der Waals surface area (Å²) in [5, 5.41) is 7.44. The number of amides is 2. The first-order valence-electron chi connectivity index (χ1n) is 11.1. The fourth-order valence-electron chi connectivity index (χ4n) is 4.12. The molecule has 1 heterocycles. The van der Waals surface area contributed by atoms with Gasteiger partial charge >= 0.3 is 0 Å². The third-order valence-corrected chi connectivity index (χ3v) is 5.81. The minimum Gasteiger partial charge on any atom is -0.497 e. The molecule has 0 bridgehead atoms. The fourth-order valence-corrected chi connectivity index (χ4v) is 4.12. The van der Waals surface area contributed by atoms with Crippen LogP contribution in [0, 0.1) is 5.82 Å². The van der Waals surface area contributed by atoms with E-state index in [0.29, 0.717) is 29.4 Å². The van der Waals surface area contributed by atoms with Crippen LogP contribution in [0.4, 0.5) is 10.1 Å². The molecule has 172 valence electrons. The number of hydrogen-bond acceptors (Lipinski definition) is 4. The van der Waals surface area contributed by atoms with Crippen LogP contribution in [0.2, 0.25) is 0 Å². The molecule has 1 aliphatic rings. The van der Waals surface area contributed by atoms with Crippen LogP contribution in [0.25, 0.3) is 5.69 Å². The smallest absolute Gasteiger partial charge is 0.275 e. The van der Waals surface area contributed by atoms with Gasteiger partial charge in [-0.1, -0.05) is 6.07 Å². The van der Waals surface area contributed by atoms with Gasteiger partial charge in [-0.3, -0.25) is 9.59 Å². The number of halogens is 1. The van der Waals surface area contributed by atoms with Crippen LogP contribution in [-0.2, 0) is 17.6 Å². The number of likely N-dealkylation sites (N-methyl/N-ethyl adjacent to an activating group) is 1. The van der Waals surface area contributed by atoms with E-state index in [-0.39, 0.29) is 24.2 Å². The Morgan fingerprint density at radius 3 is 2.64 bits per heavy atom. The third-order valence-electron chi connectivity index (χ3n) is 5.81. The first-order valence-corrected chi connectivity index (χ1v) is 11.1. The van der Waals surface area contributed by atoms with Crippen molar-refractivity contribution >= 4 is 17.5 Å². The van der Waals surface area contributed by atoms with Gasteiger partial charge in [-0.2, -0.15) is 5.10 Å². The Hall–Kier alpha value is -3.68. The zero-order chi connectivity index (χ0) is 23.4. The summed E-state index contributed by atoms with van der Waals surface area (Å²) in [6.07, 6.45) is 3.54. The summed E-state index contributed by atoms with van der Waals surface area (Å²) in [4.78, 5) is 27.6. The summed E-state index contributed by atoms with van der Waals surface area (Å²) in [5.41, 5.74) is 3.58. The van der Waals surface area contributed by atoms with Crippen molar-refractivity contribution in [3.05, 3.63) is 71.3 Å². The molecule has 33 heavy (non-hydrogen) atoms. The van der Waals surface area contributed by atoms with E-state index in [1.165, 1.54) is 17.0 Å². The lowest BCUT2D eigenvalue weighted by Crippen LogP contribution is -2.38. The second kappa shape index (κ2) is 9.85. The number of nitrogens with one attached hydrogen (secondary N) is 1. The van der Waals surface area contributed by atoms with Crippen molar-refractivity contribution in [2.45, 2.75) is 32.6 Å². The van der Waals surface area contributed by atoms with Crippen molar-refractivity contribution < 1.29 is 18.7 Å². The van der Waals surface area contributed by atoms with Gasteiger partial charge in [0.15, 0.2) is 5.69 Å². The highest BCUT2D eigenvalue weighted by molar-refractivity contribution is 5.99. The molecule has 0 saturated carbocycles. The van der Waals surface area contributed by atoms with Gasteiger partial charge in [0.1, 0.15) is 18.1 Å². The number of fused-ring (bicyclic) bond motifs is 1. The number of benzene rings is 2. The molecule has 2 aromatic carbocycles. The quantitative estimate of drug-likeness (QED) is 0.590. The van der Waals surface area contributed by atoms with E-state index < -0.39 is 0 Å². The number of aromatic nitrogens is 2. The SMILES string of the molecule is CCN(CC(=O)Nc1cccc(OC)c1)C(=O)c1nn(-c2ccc(F)cc2)c2c1CCCC2. The first-order chi connectivity index (χ1) is 16.0. The average molecular weight is 451 g/mol. The Balaban J connectivity index is 1.56. The van der Waals surface area contributed by atoms with E-state index in [2.05, 4.69) is 10.4 Å². The molecule has 7 nitrogen and oxygen atoms in total. The highest BCUT2D eigenvalue weighted by Crippen LogP contribution is 2.28. The van der Waals surface area contributed by atoms with Crippen molar-refractivity contribution in [1.82, 2.24) is 14.7 Å². The zero-order valence-corrected chi connectivity index (χ0v) is 18.8. The first kappa shape index (κ1) is 22.5. The molecule has 1 N–H and O–H groups in total. The maximum Gasteiger partial charge on any atom is 0.275 e. The monoisotopic (exact) mass is 450 g/mol. The van der Waals surface area contributed by atoms with E-state index in [9.17, 15) is 14.0 Å². The van der Waals surface area contributed by atoms with Gasteiger partial charge in [0.05, 0.1) is 12.8 Å². The minimum absolute atomic E-state index is 0.0925. The molecule has 1 aromatic heterocycles. The molecule has 2 amide bonds. The predicted octanol–water partition coefficient (Wildman–Crippen LogP) is 4.00. The molecule has 0 spiro atoms. The Morgan fingerprint density at radius 1 is 1.15 bits per heavy atom. The van der Waals surface area contributed by atoms with E-state index in [4.69, 9.17) is 4.74 Å². The lowest BCUT2D eigenvalue weighted by Gasteiger charge is -2.20. The van der Waals surface area contributed by atoms with Crippen LogP contribution in [0.3, 0.4) is 0 Å². The largest absolute Gasteiger partial charge is 0.497 e. The molecule has 0 aliphatic heterocycles. The predicted molar refractivity (Wildman–Crippen MR) is 123 cm³/mol. The summed E-state index contributed by atoms with van der Waals surface area (Å²) < 4.78 is 20.3. The number of methoxy groups -OCH3 is 1.